The second-order valence-electron chi connectivity index (χ2n) is 8.48. The normalized spacial score (nSPS) is 18.8. The number of rotatable bonds is 11. The lowest BCUT2D eigenvalue weighted by atomic mass is 9.94. The third-order valence-corrected chi connectivity index (χ3v) is 6.14. The summed E-state index contributed by atoms with van der Waals surface area (Å²) in [5.41, 5.74) is 5.00. The van der Waals surface area contributed by atoms with Crippen LogP contribution in [0.15, 0.2) is 48.5 Å². The SMILES string of the molecule is CCCCCCC1CC(c2ccc(-c3ccc(CCCCC)cc3)cc2)OC1=O. The number of aryl methyl sites for hydroxylation is 1. The van der Waals surface area contributed by atoms with Crippen LogP contribution in [0.2, 0.25) is 0 Å². The largest absolute Gasteiger partial charge is 0.457 e. The number of hydrogen-bond acceptors (Lipinski definition) is 2. The molecule has 1 aliphatic rings. The van der Waals surface area contributed by atoms with E-state index >= 15 is 0 Å². The summed E-state index contributed by atoms with van der Waals surface area (Å²) in [5.74, 6) is 0.0750. The van der Waals surface area contributed by atoms with Gasteiger partial charge in [-0.3, -0.25) is 4.79 Å². The highest BCUT2D eigenvalue weighted by Gasteiger charge is 2.34. The lowest BCUT2D eigenvalue weighted by Crippen LogP contribution is -2.06. The maximum atomic E-state index is 12.2. The van der Waals surface area contributed by atoms with Crippen molar-refractivity contribution < 1.29 is 9.53 Å². The standard InChI is InChI=1S/C27H36O2/c1-3-5-7-9-11-25-20-26(29-27(25)28)24-18-16-23(17-19-24)22-14-12-21(13-15-22)10-8-6-4-2/h12-19,25-26H,3-11,20H2,1-2H3. The Hall–Kier alpha value is -2.09. The van der Waals surface area contributed by atoms with Gasteiger partial charge in [0.05, 0.1) is 5.92 Å². The Kier molecular flexibility index (Phi) is 8.34. The van der Waals surface area contributed by atoms with Gasteiger partial charge in [0, 0.05) is 6.42 Å². The van der Waals surface area contributed by atoms with Crippen molar-refractivity contribution in [2.75, 3.05) is 0 Å². The topological polar surface area (TPSA) is 26.3 Å². The second kappa shape index (κ2) is 11.2. The van der Waals surface area contributed by atoms with E-state index in [0.717, 1.165) is 24.8 Å². The number of ether oxygens (including phenoxy) is 1. The average Bonchev–Trinajstić information content (AvgIpc) is 3.13. The molecule has 0 amide bonds. The summed E-state index contributed by atoms with van der Waals surface area (Å²) in [5, 5.41) is 0. The zero-order valence-corrected chi connectivity index (χ0v) is 18.2. The first-order chi connectivity index (χ1) is 14.2. The molecule has 2 aromatic rings. The number of esters is 1. The average molecular weight is 393 g/mol. The van der Waals surface area contributed by atoms with Crippen molar-refractivity contribution in [2.45, 2.75) is 84.2 Å². The maximum Gasteiger partial charge on any atom is 0.309 e. The smallest absolute Gasteiger partial charge is 0.309 e. The number of unbranched alkanes of at least 4 members (excludes halogenated alkanes) is 5. The number of cyclic esters (lactones) is 1. The Morgan fingerprint density at radius 2 is 1.41 bits per heavy atom. The minimum Gasteiger partial charge on any atom is -0.457 e. The summed E-state index contributed by atoms with van der Waals surface area (Å²) in [7, 11) is 0. The molecule has 1 aliphatic heterocycles. The molecule has 2 heteroatoms. The molecule has 2 unspecified atom stereocenters. The van der Waals surface area contributed by atoms with Crippen LogP contribution in [-0.2, 0) is 16.0 Å². The van der Waals surface area contributed by atoms with Gasteiger partial charge in [0.2, 0.25) is 0 Å². The first-order valence-electron chi connectivity index (χ1n) is 11.6. The Morgan fingerprint density at radius 3 is 2.07 bits per heavy atom. The molecule has 0 saturated carbocycles. The molecule has 1 fully saturated rings. The van der Waals surface area contributed by atoms with Crippen molar-refractivity contribution in [1.82, 2.24) is 0 Å². The molecule has 29 heavy (non-hydrogen) atoms. The molecular weight excluding hydrogens is 356 g/mol. The number of carbonyl (C=O) groups is 1. The monoisotopic (exact) mass is 392 g/mol. The van der Waals surface area contributed by atoms with Gasteiger partial charge in [-0.15, -0.1) is 0 Å². The summed E-state index contributed by atoms with van der Waals surface area (Å²) in [4.78, 5) is 12.2. The highest BCUT2D eigenvalue weighted by molar-refractivity contribution is 5.75. The van der Waals surface area contributed by atoms with Crippen LogP contribution in [0.5, 0.6) is 0 Å². The van der Waals surface area contributed by atoms with Crippen LogP contribution in [-0.4, -0.2) is 5.97 Å². The molecule has 0 aliphatic carbocycles. The third kappa shape index (κ3) is 6.19. The number of carbonyl (C=O) groups excluding carboxylic acids is 1. The first-order valence-corrected chi connectivity index (χ1v) is 11.6. The second-order valence-corrected chi connectivity index (χ2v) is 8.48. The molecule has 1 heterocycles. The van der Waals surface area contributed by atoms with Gasteiger partial charge in [0.1, 0.15) is 6.10 Å². The Bertz CT molecular complexity index is 745. The summed E-state index contributed by atoms with van der Waals surface area (Å²) < 4.78 is 5.69. The summed E-state index contributed by atoms with van der Waals surface area (Å²) in [6.07, 6.45) is 11.6. The molecule has 0 N–H and O–H groups in total. The minimum absolute atomic E-state index is 0.00534. The Balaban J connectivity index is 1.55. The predicted molar refractivity (Wildman–Crippen MR) is 121 cm³/mol. The quantitative estimate of drug-likeness (QED) is 0.290. The highest BCUT2D eigenvalue weighted by Crippen LogP contribution is 2.36. The van der Waals surface area contributed by atoms with Crippen molar-refractivity contribution in [1.29, 1.82) is 0 Å². The zero-order valence-electron chi connectivity index (χ0n) is 18.2. The molecule has 2 atom stereocenters. The fourth-order valence-corrected chi connectivity index (χ4v) is 4.23. The molecule has 0 radical (unpaired) electrons. The van der Waals surface area contributed by atoms with Crippen molar-refractivity contribution in [3.05, 3.63) is 59.7 Å². The van der Waals surface area contributed by atoms with E-state index < -0.39 is 0 Å². The molecule has 1 saturated heterocycles. The first kappa shape index (κ1) is 21.6. The molecule has 0 bridgehead atoms. The molecule has 2 aromatic carbocycles. The maximum absolute atomic E-state index is 12.2. The van der Waals surface area contributed by atoms with Crippen LogP contribution in [0.4, 0.5) is 0 Å². The van der Waals surface area contributed by atoms with Gasteiger partial charge in [-0.25, -0.2) is 0 Å². The van der Waals surface area contributed by atoms with Gasteiger partial charge < -0.3 is 4.74 Å². The van der Waals surface area contributed by atoms with Crippen LogP contribution in [0, 0.1) is 5.92 Å². The summed E-state index contributed by atoms with van der Waals surface area (Å²) >= 11 is 0. The van der Waals surface area contributed by atoms with E-state index in [1.54, 1.807) is 0 Å². The van der Waals surface area contributed by atoms with E-state index in [1.165, 1.54) is 61.6 Å². The molecule has 156 valence electrons. The van der Waals surface area contributed by atoms with E-state index in [9.17, 15) is 4.79 Å². The van der Waals surface area contributed by atoms with Crippen molar-refractivity contribution >= 4 is 5.97 Å². The number of hydrogen-bond donors (Lipinski definition) is 0. The van der Waals surface area contributed by atoms with Gasteiger partial charge in [-0.05, 0) is 41.5 Å². The van der Waals surface area contributed by atoms with Gasteiger partial charge in [-0.2, -0.15) is 0 Å². The van der Waals surface area contributed by atoms with Crippen LogP contribution in [0.1, 0.15) is 88.9 Å². The zero-order chi connectivity index (χ0) is 20.5. The fourth-order valence-electron chi connectivity index (χ4n) is 4.23. The van der Waals surface area contributed by atoms with Crippen LogP contribution < -0.4 is 0 Å². The third-order valence-electron chi connectivity index (χ3n) is 6.14. The molecular formula is C27H36O2. The van der Waals surface area contributed by atoms with Crippen molar-refractivity contribution in [3.63, 3.8) is 0 Å². The number of benzene rings is 2. The van der Waals surface area contributed by atoms with Crippen LogP contribution >= 0.6 is 0 Å². The van der Waals surface area contributed by atoms with E-state index in [2.05, 4.69) is 62.4 Å². The van der Waals surface area contributed by atoms with E-state index in [0.29, 0.717) is 0 Å². The summed E-state index contributed by atoms with van der Waals surface area (Å²) in [6, 6.07) is 17.5. The van der Waals surface area contributed by atoms with Gasteiger partial charge in [0.25, 0.3) is 0 Å². The van der Waals surface area contributed by atoms with Gasteiger partial charge in [0.15, 0.2) is 0 Å². The Morgan fingerprint density at radius 1 is 0.793 bits per heavy atom. The lowest BCUT2D eigenvalue weighted by molar-refractivity contribution is -0.144. The predicted octanol–water partition coefficient (Wildman–Crippen LogP) is 7.66. The van der Waals surface area contributed by atoms with Crippen molar-refractivity contribution in [3.8, 4) is 11.1 Å². The van der Waals surface area contributed by atoms with Crippen molar-refractivity contribution in [2.24, 2.45) is 5.92 Å². The summed E-state index contributed by atoms with van der Waals surface area (Å²) in [6.45, 7) is 4.46. The fraction of sp³-hybridized carbons (Fsp3) is 0.519. The van der Waals surface area contributed by atoms with E-state index in [1.807, 2.05) is 0 Å². The molecule has 3 rings (SSSR count). The van der Waals surface area contributed by atoms with E-state index in [-0.39, 0.29) is 18.0 Å². The minimum atomic E-state index is -0.0753. The van der Waals surface area contributed by atoms with Gasteiger partial charge >= 0.3 is 5.97 Å². The molecule has 2 nitrogen and oxygen atoms in total. The Labute approximate surface area is 176 Å². The van der Waals surface area contributed by atoms with Gasteiger partial charge in [-0.1, -0.05) is 101 Å². The molecule has 0 spiro atoms. The lowest BCUT2D eigenvalue weighted by Gasteiger charge is -2.11. The van der Waals surface area contributed by atoms with Crippen LogP contribution in [0.3, 0.4) is 0 Å². The van der Waals surface area contributed by atoms with Crippen LogP contribution in [0.25, 0.3) is 11.1 Å². The highest BCUT2D eigenvalue weighted by atomic mass is 16.5. The molecule has 0 aromatic heterocycles. The van der Waals surface area contributed by atoms with E-state index in [4.69, 9.17) is 4.74 Å².